The average molecular weight is 667 g/mol. The van der Waals surface area contributed by atoms with Gasteiger partial charge in [0.15, 0.2) is 0 Å². The highest BCUT2D eigenvalue weighted by molar-refractivity contribution is 5.89. The molecule has 3 aliphatic rings. The largest absolute Gasteiger partial charge is 0.453 e. The second-order valence-electron chi connectivity index (χ2n) is 13.7. The van der Waals surface area contributed by atoms with Crippen LogP contribution in [0.1, 0.15) is 66.5 Å². The van der Waals surface area contributed by atoms with Gasteiger partial charge in [-0.2, -0.15) is 0 Å². The van der Waals surface area contributed by atoms with Gasteiger partial charge in [-0.3, -0.25) is 4.79 Å². The molecule has 1 unspecified atom stereocenters. The number of amides is 1. The van der Waals surface area contributed by atoms with Gasteiger partial charge >= 0.3 is 6.09 Å². The maximum absolute atomic E-state index is 13.8. The summed E-state index contributed by atoms with van der Waals surface area (Å²) in [5.74, 6) is 1.40. The lowest BCUT2D eigenvalue weighted by Crippen LogP contribution is -2.44. The Balaban J connectivity index is 0.915. The normalized spacial score (nSPS) is 21.6. The van der Waals surface area contributed by atoms with Crippen LogP contribution in [0, 0.1) is 0 Å². The number of nitrogens with zero attached hydrogens (tertiary/aromatic N) is 4. The molecule has 1 saturated heterocycles. The number of aromatic nitrogens is 6. The van der Waals surface area contributed by atoms with E-state index in [9.17, 15) is 9.59 Å². The van der Waals surface area contributed by atoms with E-state index >= 15 is 0 Å². The number of H-pyrrole nitrogens is 2. The van der Waals surface area contributed by atoms with Crippen molar-refractivity contribution >= 4 is 22.8 Å². The number of hydrogen-bond donors (Lipinski definition) is 4. The van der Waals surface area contributed by atoms with E-state index in [0.717, 1.165) is 81.4 Å². The minimum atomic E-state index is -0.506. The molecule has 0 radical (unpaired) electrons. The molecule has 6 heterocycles. The number of pyridine rings is 1. The topological polar surface area (TPSA) is 143 Å². The van der Waals surface area contributed by atoms with E-state index in [4.69, 9.17) is 14.7 Å². The number of carbonyl (C=O) groups is 2. The zero-order valence-electron chi connectivity index (χ0n) is 27.8. The molecule has 2 aliphatic heterocycles. The summed E-state index contributed by atoms with van der Waals surface area (Å²) in [6, 6.07) is 21.0. The minimum absolute atomic E-state index is 0.113. The monoisotopic (exact) mass is 666 g/mol. The summed E-state index contributed by atoms with van der Waals surface area (Å²) in [5.41, 5.74) is 9.07. The van der Waals surface area contributed by atoms with Crippen molar-refractivity contribution in [2.75, 3.05) is 13.7 Å². The number of alkyl carbamates (subject to hydrolysis) is 1. The van der Waals surface area contributed by atoms with Crippen LogP contribution in [0.2, 0.25) is 0 Å². The summed E-state index contributed by atoms with van der Waals surface area (Å²) in [6.45, 7) is 1.68. The van der Waals surface area contributed by atoms with Gasteiger partial charge in [0.1, 0.15) is 17.4 Å². The van der Waals surface area contributed by atoms with Gasteiger partial charge in [0.25, 0.3) is 0 Å². The van der Waals surface area contributed by atoms with Crippen molar-refractivity contribution in [3.63, 3.8) is 0 Å². The molecule has 50 heavy (non-hydrogen) atoms. The highest BCUT2D eigenvalue weighted by atomic mass is 16.5. The molecule has 4 aromatic heterocycles. The van der Waals surface area contributed by atoms with Crippen LogP contribution in [0.3, 0.4) is 0 Å². The fourth-order valence-corrected chi connectivity index (χ4v) is 8.09. The smallest absolute Gasteiger partial charge is 0.407 e. The van der Waals surface area contributed by atoms with Crippen LogP contribution in [-0.2, 0) is 22.5 Å². The predicted molar refractivity (Wildman–Crippen MR) is 190 cm³/mol. The van der Waals surface area contributed by atoms with Crippen LogP contribution in [-0.4, -0.2) is 61.1 Å². The minimum Gasteiger partial charge on any atom is -0.453 e. The van der Waals surface area contributed by atoms with Gasteiger partial charge in [0, 0.05) is 53.3 Å². The number of aryl methyl sites for hydroxylation is 1. The van der Waals surface area contributed by atoms with E-state index in [2.05, 4.69) is 97.0 Å². The molecule has 2 aromatic carbocycles. The Kier molecular flexibility index (Phi) is 7.57. The second kappa shape index (κ2) is 12.4. The summed E-state index contributed by atoms with van der Waals surface area (Å²) in [4.78, 5) is 47.2. The van der Waals surface area contributed by atoms with E-state index in [-0.39, 0.29) is 17.7 Å². The van der Waals surface area contributed by atoms with E-state index in [1.165, 1.54) is 19.1 Å². The number of ketones is 1. The lowest BCUT2D eigenvalue weighted by molar-refractivity contribution is -0.121. The van der Waals surface area contributed by atoms with Crippen LogP contribution < -0.4 is 10.6 Å². The number of hydrogen-bond acceptors (Lipinski definition) is 7. The molecule has 11 heteroatoms. The number of imidazole rings is 2. The average Bonchev–Trinajstić information content (AvgIpc) is 3.98. The Bertz CT molecular complexity index is 2230. The van der Waals surface area contributed by atoms with Crippen molar-refractivity contribution in [1.82, 2.24) is 40.1 Å². The molecule has 0 spiro atoms. The van der Waals surface area contributed by atoms with Gasteiger partial charge in [-0.15, -0.1) is 0 Å². The summed E-state index contributed by atoms with van der Waals surface area (Å²) in [7, 11) is 1.35. The van der Waals surface area contributed by atoms with Gasteiger partial charge in [0.05, 0.1) is 54.1 Å². The van der Waals surface area contributed by atoms with Gasteiger partial charge in [0.2, 0.25) is 0 Å². The summed E-state index contributed by atoms with van der Waals surface area (Å²) >= 11 is 0. The Labute approximate surface area is 288 Å². The summed E-state index contributed by atoms with van der Waals surface area (Å²) in [5, 5.41) is 7.49. The zero-order valence-corrected chi connectivity index (χ0v) is 27.8. The molecule has 1 aliphatic carbocycles. The number of benzene rings is 2. The first-order valence-electron chi connectivity index (χ1n) is 17.4. The second-order valence-corrected chi connectivity index (χ2v) is 13.7. The van der Waals surface area contributed by atoms with E-state index in [1.54, 1.807) is 0 Å². The Morgan fingerprint density at radius 2 is 1.70 bits per heavy atom. The van der Waals surface area contributed by atoms with Crippen LogP contribution in [0.15, 0.2) is 79.3 Å². The Morgan fingerprint density at radius 1 is 0.920 bits per heavy atom. The predicted octanol–water partition coefficient (Wildman–Crippen LogP) is 6.42. The first kappa shape index (κ1) is 30.5. The third kappa shape index (κ3) is 5.47. The summed E-state index contributed by atoms with van der Waals surface area (Å²) in [6.07, 6.45) is 9.47. The molecule has 6 aromatic rings. The molecular formula is C39H38N8O3. The quantitative estimate of drug-likeness (QED) is 0.161. The highest BCUT2D eigenvalue weighted by Crippen LogP contribution is 2.40. The molecule has 4 N–H and O–H groups in total. The zero-order chi connectivity index (χ0) is 33.8. The van der Waals surface area contributed by atoms with Gasteiger partial charge < -0.3 is 29.9 Å². The maximum atomic E-state index is 13.8. The van der Waals surface area contributed by atoms with Crippen molar-refractivity contribution in [2.45, 2.75) is 62.6 Å². The molecule has 11 nitrogen and oxygen atoms in total. The summed E-state index contributed by atoms with van der Waals surface area (Å²) < 4.78 is 7.03. The van der Waals surface area contributed by atoms with Gasteiger partial charge in [-0.25, -0.2) is 19.7 Å². The van der Waals surface area contributed by atoms with Crippen LogP contribution in [0.25, 0.3) is 44.7 Å². The first-order valence-corrected chi connectivity index (χ1v) is 17.4. The molecule has 1 fully saturated rings. The van der Waals surface area contributed by atoms with E-state index in [1.807, 2.05) is 12.4 Å². The maximum Gasteiger partial charge on any atom is 0.407 e. The highest BCUT2D eigenvalue weighted by Gasteiger charge is 2.41. The van der Waals surface area contributed by atoms with Crippen molar-refractivity contribution < 1.29 is 14.3 Å². The number of Topliss-reactive ketones (excluding diaryl/α,β-unsaturated/α-hetero) is 1. The van der Waals surface area contributed by atoms with Crippen molar-refractivity contribution in [1.29, 1.82) is 0 Å². The fourth-order valence-electron chi connectivity index (χ4n) is 8.09. The standard InChI is InChI=1S/C39H38N8O3/c1-50-39(49)46-30-13-8-24-14-16-47-21-27(18-34(48)35(30)36(24)47)37-41-19-32(44-37)23-6-4-22(5-7-23)28-11-9-25-17-26(10-12-29(25)43-28)33-20-42-38(45-33)31-3-2-15-40-31/h4-7,9-12,14,16-17,19-20,27,30-31,35,40H,2-3,8,13,15,18,21H2,1H3,(H,41,44)(H,42,45)(H,46,49)/t27-,30-,31-,35?/m0/s1. The van der Waals surface area contributed by atoms with E-state index in [0.29, 0.717) is 25.4 Å². The third-order valence-electron chi connectivity index (χ3n) is 10.7. The van der Waals surface area contributed by atoms with Crippen LogP contribution in [0.4, 0.5) is 4.79 Å². The molecule has 1 amide bonds. The molecule has 9 rings (SSSR count). The number of aromatic amines is 2. The number of methoxy groups -OCH3 is 1. The number of ether oxygens (including phenoxy) is 1. The van der Waals surface area contributed by atoms with Crippen LogP contribution >= 0.6 is 0 Å². The van der Waals surface area contributed by atoms with E-state index < -0.39 is 12.0 Å². The molecule has 4 atom stereocenters. The lowest BCUT2D eigenvalue weighted by Gasteiger charge is -2.31. The molecule has 0 bridgehead atoms. The number of carbonyl (C=O) groups excluding carboxylic acids is 2. The van der Waals surface area contributed by atoms with Gasteiger partial charge in [-0.1, -0.05) is 36.4 Å². The number of rotatable bonds is 6. The van der Waals surface area contributed by atoms with Crippen molar-refractivity contribution in [3.05, 3.63) is 102 Å². The third-order valence-corrected chi connectivity index (χ3v) is 10.7. The number of nitrogens with one attached hydrogen (secondary N) is 4. The lowest BCUT2D eigenvalue weighted by atomic mass is 9.79. The SMILES string of the molecule is COC(=O)N[C@H]1CCc2ccn3c2C1C(=O)C[C@H](c1ncc(-c2ccc(-c4ccc5cc(-c6cnc([C@@H]7CCCN7)[nH]6)ccc5n4)cc2)[nH]1)C3. The first-order chi connectivity index (χ1) is 24.5. The fraction of sp³-hybridized carbons (Fsp3) is 0.308. The molecule has 252 valence electrons. The number of fused-ring (bicyclic) bond motifs is 1. The molecular weight excluding hydrogens is 628 g/mol. The van der Waals surface area contributed by atoms with Crippen molar-refractivity contribution in [2.24, 2.45) is 0 Å². The van der Waals surface area contributed by atoms with Gasteiger partial charge in [-0.05, 0) is 67.6 Å². The Hall–Kier alpha value is -5.55. The van der Waals surface area contributed by atoms with Crippen LogP contribution in [0.5, 0.6) is 0 Å². The Morgan fingerprint density at radius 3 is 2.52 bits per heavy atom. The van der Waals surface area contributed by atoms with Crippen molar-refractivity contribution in [3.8, 4) is 33.8 Å². The molecule has 0 saturated carbocycles.